The van der Waals surface area contributed by atoms with Gasteiger partial charge in [0.15, 0.2) is 5.82 Å². The summed E-state index contributed by atoms with van der Waals surface area (Å²) in [7, 11) is 0. The lowest BCUT2D eigenvalue weighted by Gasteiger charge is -2.05. The summed E-state index contributed by atoms with van der Waals surface area (Å²) in [6, 6.07) is 5.14. The van der Waals surface area contributed by atoms with Crippen molar-refractivity contribution in [1.82, 2.24) is 14.7 Å². The zero-order valence-corrected chi connectivity index (χ0v) is 12.0. The molecule has 2 aromatic heterocycles. The highest BCUT2D eigenvalue weighted by atomic mass is 16.5. The Morgan fingerprint density at radius 2 is 2.10 bits per heavy atom. The normalized spacial score (nSPS) is 11.2. The van der Waals surface area contributed by atoms with Crippen molar-refractivity contribution in [3.63, 3.8) is 0 Å². The lowest BCUT2D eigenvalue weighted by molar-refractivity contribution is 0.0697. The lowest BCUT2D eigenvalue weighted by atomic mass is 10.1. The minimum absolute atomic E-state index is 0.288. The van der Waals surface area contributed by atoms with Gasteiger partial charge in [-0.3, -0.25) is 0 Å². The van der Waals surface area contributed by atoms with E-state index in [1.54, 1.807) is 19.1 Å². The van der Waals surface area contributed by atoms with Crippen molar-refractivity contribution in [3.8, 4) is 0 Å². The van der Waals surface area contributed by atoms with Crippen LogP contribution in [-0.4, -0.2) is 25.8 Å². The minimum Gasteiger partial charge on any atom is -0.478 e. The van der Waals surface area contributed by atoms with Crippen LogP contribution < -0.4 is 0 Å². The maximum Gasteiger partial charge on any atom is 0.335 e. The predicted octanol–water partition coefficient (Wildman–Crippen LogP) is 2.70. The summed E-state index contributed by atoms with van der Waals surface area (Å²) in [4.78, 5) is 15.3. The third-order valence-electron chi connectivity index (χ3n) is 3.75. The van der Waals surface area contributed by atoms with Crippen LogP contribution in [0.4, 0.5) is 0 Å². The summed E-state index contributed by atoms with van der Waals surface area (Å²) in [5.41, 5.74) is 3.37. The van der Waals surface area contributed by atoms with Crippen molar-refractivity contribution in [1.29, 1.82) is 0 Å². The Hall–Kier alpha value is -2.63. The van der Waals surface area contributed by atoms with Crippen molar-refractivity contribution in [2.45, 2.75) is 27.3 Å². The van der Waals surface area contributed by atoms with E-state index >= 15 is 0 Å². The molecule has 0 saturated heterocycles. The topological polar surface area (TPSA) is 81.2 Å². The lowest BCUT2D eigenvalue weighted by Crippen LogP contribution is -2.02. The number of fused-ring (bicyclic) bond motifs is 1. The number of carbonyl (C=O) groups is 1. The Kier molecular flexibility index (Phi) is 3.01. The number of carboxylic acid groups (broad SMARTS) is 1. The molecule has 0 aliphatic heterocycles. The SMILES string of the molecule is Cc1noc(Cn2c(C)c(C)c3cc(C(=O)O)ccc32)n1. The molecule has 0 bridgehead atoms. The molecule has 0 aliphatic rings. The quantitative estimate of drug-likeness (QED) is 0.800. The van der Waals surface area contributed by atoms with Crippen molar-refractivity contribution >= 4 is 16.9 Å². The second-order valence-electron chi connectivity index (χ2n) is 5.07. The Bertz CT molecular complexity index is 845. The number of carboxylic acids is 1. The fourth-order valence-corrected chi connectivity index (χ4v) is 2.53. The first-order chi connectivity index (χ1) is 9.97. The minimum atomic E-state index is -0.922. The number of aromatic carboxylic acids is 1. The van der Waals surface area contributed by atoms with Crippen molar-refractivity contribution in [2.24, 2.45) is 0 Å². The third kappa shape index (κ3) is 2.18. The van der Waals surface area contributed by atoms with Crippen LogP contribution in [0.25, 0.3) is 10.9 Å². The van der Waals surface area contributed by atoms with Crippen LogP contribution in [0.2, 0.25) is 0 Å². The van der Waals surface area contributed by atoms with Gasteiger partial charge in [0.2, 0.25) is 5.89 Å². The van der Waals surface area contributed by atoms with E-state index in [4.69, 9.17) is 9.63 Å². The van der Waals surface area contributed by atoms with Gasteiger partial charge in [-0.25, -0.2) is 4.79 Å². The molecule has 6 heteroatoms. The highest BCUT2D eigenvalue weighted by Crippen LogP contribution is 2.27. The second kappa shape index (κ2) is 4.73. The maximum atomic E-state index is 11.1. The van der Waals surface area contributed by atoms with Gasteiger partial charge in [0.25, 0.3) is 0 Å². The number of hydrogen-bond acceptors (Lipinski definition) is 4. The van der Waals surface area contributed by atoms with Crippen LogP contribution in [0.5, 0.6) is 0 Å². The molecule has 21 heavy (non-hydrogen) atoms. The monoisotopic (exact) mass is 285 g/mol. The summed E-state index contributed by atoms with van der Waals surface area (Å²) in [5.74, 6) is 0.216. The van der Waals surface area contributed by atoms with Gasteiger partial charge in [0.05, 0.1) is 5.56 Å². The van der Waals surface area contributed by atoms with Crippen LogP contribution >= 0.6 is 0 Å². The van der Waals surface area contributed by atoms with Crippen LogP contribution in [0.1, 0.15) is 33.3 Å². The zero-order chi connectivity index (χ0) is 15.1. The molecule has 0 amide bonds. The fraction of sp³-hybridized carbons (Fsp3) is 0.267. The highest BCUT2D eigenvalue weighted by Gasteiger charge is 2.15. The number of hydrogen-bond donors (Lipinski definition) is 1. The first-order valence-corrected chi connectivity index (χ1v) is 6.59. The first kappa shape index (κ1) is 13.4. The van der Waals surface area contributed by atoms with Gasteiger partial charge in [0, 0.05) is 16.6 Å². The third-order valence-corrected chi connectivity index (χ3v) is 3.75. The van der Waals surface area contributed by atoms with Crippen molar-refractivity contribution in [2.75, 3.05) is 0 Å². The second-order valence-corrected chi connectivity index (χ2v) is 5.07. The molecule has 0 unspecified atom stereocenters. The summed E-state index contributed by atoms with van der Waals surface area (Å²) in [5, 5.41) is 13.8. The largest absolute Gasteiger partial charge is 0.478 e. The van der Waals surface area contributed by atoms with E-state index in [2.05, 4.69) is 14.7 Å². The van der Waals surface area contributed by atoms with E-state index in [-0.39, 0.29) is 5.56 Å². The van der Waals surface area contributed by atoms with Gasteiger partial charge in [-0.05, 0) is 44.5 Å². The molecule has 0 saturated carbocycles. The highest BCUT2D eigenvalue weighted by molar-refractivity contribution is 5.95. The van der Waals surface area contributed by atoms with E-state index in [1.807, 2.05) is 19.9 Å². The summed E-state index contributed by atoms with van der Waals surface area (Å²) >= 11 is 0. The molecular formula is C15H15N3O3. The molecular weight excluding hydrogens is 270 g/mol. The molecule has 0 radical (unpaired) electrons. The molecule has 6 nitrogen and oxygen atoms in total. The van der Waals surface area contributed by atoms with Crippen molar-refractivity contribution < 1.29 is 14.4 Å². The number of aromatic nitrogens is 3. The summed E-state index contributed by atoms with van der Waals surface area (Å²) in [6.07, 6.45) is 0. The van der Waals surface area contributed by atoms with Crippen LogP contribution in [0.15, 0.2) is 22.7 Å². The smallest absolute Gasteiger partial charge is 0.335 e. The van der Waals surface area contributed by atoms with E-state index in [9.17, 15) is 4.79 Å². The molecule has 1 N–H and O–H groups in total. The van der Waals surface area contributed by atoms with E-state index in [1.165, 1.54) is 0 Å². The Morgan fingerprint density at radius 3 is 2.71 bits per heavy atom. The number of aryl methyl sites for hydroxylation is 2. The van der Waals surface area contributed by atoms with Crippen LogP contribution in [0.3, 0.4) is 0 Å². The Balaban J connectivity index is 2.14. The van der Waals surface area contributed by atoms with E-state index in [0.717, 1.165) is 22.2 Å². The maximum absolute atomic E-state index is 11.1. The summed E-state index contributed by atoms with van der Waals surface area (Å²) in [6.45, 7) is 6.24. The number of nitrogens with zero attached hydrogens (tertiary/aromatic N) is 3. The molecule has 0 atom stereocenters. The number of rotatable bonds is 3. The first-order valence-electron chi connectivity index (χ1n) is 6.59. The van der Waals surface area contributed by atoms with Crippen molar-refractivity contribution in [3.05, 3.63) is 46.7 Å². The fourth-order valence-electron chi connectivity index (χ4n) is 2.53. The Labute approximate surface area is 121 Å². The van der Waals surface area contributed by atoms with E-state index < -0.39 is 5.97 Å². The average Bonchev–Trinajstić information content (AvgIpc) is 2.96. The summed E-state index contributed by atoms with van der Waals surface area (Å²) < 4.78 is 7.23. The average molecular weight is 285 g/mol. The molecule has 0 aliphatic carbocycles. The Morgan fingerprint density at radius 1 is 1.33 bits per heavy atom. The molecule has 0 fully saturated rings. The molecule has 3 rings (SSSR count). The molecule has 0 spiro atoms. The predicted molar refractivity (Wildman–Crippen MR) is 76.5 cm³/mol. The van der Waals surface area contributed by atoms with Gasteiger partial charge in [0.1, 0.15) is 6.54 Å². The van der Waals surface area contributed by atoms with Gasteiger partial charge >= 0.3 is 5.97 Å². The molecule has 2 heterocycles. The zero-order valence-electron chi connectivity index (χ0n) is 12.0. The van der Waals surface area contributed by atoms with Gasteiger partial charge in [-0.15, -0.1) is 0 Å². The standard InChI is InChI=1S/C15H15N3O3/c1-8-9(2)18(7-14-16-10(3)17-21-14)13-5-4-11(15(19)20)6-12(8)13/h4-6H,7H2,1-3H3,(H,19,20). The van der Waals surface area contributed by atoms with Gasteiger partial charge < -0.3 is 14.2 Å². The molecule has 108 valence electrons. The van der Waals surface area contributed by atoms with Gasteiger partial charge in [-0.2, -0.15) is 4.98 Å². The van der Waals surface area contributed by atoms with E-state index in [0.29, 0.717) is 18.3 Å². The van der Waals surface area contributed by atoms with Crippen LogP contribution in [0, 0.1) is 20.8 Å². The molecule has 3 aromatic rings. The van der Waals surface area contributed by atoms with Crippen LogP contribution in [-0.2, 0) is 6.54 Å². The molecule has 1 aromatic carbocycles. The van der Waals surface area contributed by atoms with Gasteiger partial charge in [-0.1, -0.05) is 5.16 Å². The number of benzene rings is 1.